The van der Waals surface area contributed by atoms with E-state index in [2.05, 4.69) is 27.3 Å². The summed E-state index contributed by atoms with van der Waals surface area (Å²) in [5.41, 5.74) is 7.58. The maximum Gasteiger partial charge on any atom is 0.251 e. The first-order valence-corrected chi connectivity index (χ1v) is 11.2. The Hall–Kier alpha value is -3.71. The van der Waals surface area contributed by atoms with E-state index in [-0.39, 0.29) is 11.9 Å². The van der Waals surface area contributed by atoms with Crippen LogP contribution >= 0.6 is 0 Å². The molecule has 3 N–H and O–H groups in total. The number of nitrogens with two attached hydrogens (primary N) is 1. The first-order valence-electron chi connectivity index (χ1n) is 11.2. The molecular formula is C26H28N4O3. The van der Waals surface area contributed by atoms with Crippen molar-refractivity contribution in [2.24, 2.45) is 5.73 Å². The van der Waals surface area contributed by atoms with Crippen molar-refractivity contribution in [1.29, 1.82) is 0 Å². The number of hydrogen-bond donors (Lipinski definition) is 2. The number of ether oxygens (including phenoxy) is 1. The topological polar surface area (TPSA) is 97.6 Å². The van der Waals surface area contributed by atoms with Crippen molar-refractivity contribution in [1.82, 2.24) is 15.2 Å². The van der Waals surface area contributed by atoms with Gasteiger partial charge < -0.3 is 20.7 Å². The van der Waals surface area contributed by atoms with Gasteiger partial charge in [0, 0.05) is 49.2 Å². The summed E-state index contributed by atoms with van der Waals surface area (Å²) >= 11 is 0. The molecule has 0 aliphatic carbocycles. The lowest BCUT2D eigenvalue weighted by atomic mass is 10.0. The molecular weight excluding hydrogens is 416 g/mol. The Morgan fingerprint density at radius 1 is 0.909 bits per heavy atom. The number of benzene rings is 2. The van der Waals surface area contributed by atoms with Gasteiger partial charge in [-0.3, -0.25) is 14.6 Å². The number of carbonyl (C=O) groups is 2. The molecule has 0 unspecified atom stereocenters. The number of amides is 2. The molecule has 2 heterocycles. The minimum Gasteiger partial charge on any atom is -0.457 e. The van der Waals surface area contributed by atoms with Gasteiger partial charge in [0.15, 0.2) is 0 Å². The SMILES string of the molecule is NC(=O)c1ccc(Oc2ccc(C(=O)NC3CCN(CCc4ccncc4)CC3)cc2)cc1. The highest BCUT2D eigenvalue weighted by Crippen LogP contribution is 2.22. The van der Waals surface area contributed by atoms with Crippen molar-refractivity contribution in [3.63, 3.8) is 0 Å². The summed E-state index contributed by atoms with van der Waals surface area (Å²) < 4.78 is 5.77. The second-order valence-corrected chi connectivity index (χ2v) is 8.21. The third-order valence-corrected chi connectivity index (χ3v) is 5.88. The molecule has 1 aliphatic heterocycles. The minimum absolute atomic E-state index is 0.0670. The number of aromatic nitrogens is 1. The first kappa shape index (κ1) is 22.5. The van der Waals surface area contributed by atoms with Crippen LogP contribution in [0.5, 0.6) is 11.5 Å². The Morgan fingerprint density at radius 3 is 2.06 bits per heavy atom. The predicted molar refractivity (Wildman–Crippen MR) is 126 cm³/mol. The van der Waals surface area contributed by atoms with E-state index >= 15 is 0 Å². The zero-order valence-electron chi connectivity index (χ0n) is 18.4. The number of nitrogens with zero attached hydrogens (tertiary/aromatic N) is 2. The third kappa shape index (κ3) is 6.40. The van der Waals surface area contributed by atoms with Gasteiger partial charge in [-0.1, -0.05) is 0 Å². The highest BCUT2D eigenvalue weighted by atomic mass is 16.5. The summed E-state index contributed by atoms with van der Waals surface area (Å²) in [5.74, 6) is 0.656. The molecule has 0 atom stereocenters. The molecule has 1 aromatic heterocycles. The van der Waals surface area contributed by atoms with Crippen LogP contribution in [0.4, 0.5) is 0 Å². The highest BCUT2D eigenvalue weighted by molar-refractivity contribution is 5.94. The number of primary amides is 1. The number of nitrogens with one attached hydrogen (secondary N) is 1. The molecule has 1 aliphatic rings. The smallest absolute Gasteiger partial charge is 0.251 e. The summed E-state index contributed by atoms with van der Waals surface area (Å²) in [5, 5.41) is 3.16. The zero-order valence-corrected chi connectivity index (χ0v) is 18.4. The van der Waals surface area contributed by atoms with Crippen LogP contribution in [-0.2, 0) is 6.42 Å². The normalized spacial score (nSPS) is 14.5. The van der Waals surface area contributed by atoms with Crippen LogP contribution in [0.1, 0.15) is 39.1 Å². The van der Waals surface area contributed by atoms with Gasteiger partial charge in [-0.15, -0.1) is 0 Å². The molecule has 1 fully saturated rings. The van der Waals surface area contributed by atoms with Gasteiger partial charge in [0.05, 0.1) is 0 Å². The van der Waals surface area contributed by atoms with Gasteiger partial charge in [0.25, 0.3) is 5.91 Å². The Balaban J connectivity index is 1.22. The molecule has 0 spiro atoms. The first-order chi connectivity index (χ1) is 16.1. The summed E-state index contributed by atoms with van der Waals surface area (Å²) in [6.07, 6.45) is 6.58. The lowest BCUT2D eigenvalue weighted by molar-refractivity contribution is 0.0910. The van der Waals surface area contributed by atoms with Crippen molar-refractivity contribution in [2.45, 2.75) is 25.3 Å². The zero-order chi connectivity index (χ0) is 23.0. The fourth-order valence-corrected chi connectivity index (χ4v) is 3.90. The van der Waals surface area contributed by atoms with Crippen LogP contribution in [0.25, 0.3) is 0 Å². The molecule has 2 aromatic carbocycles. The number of likely N-dealkylation sites (tertiary alicyclic amines) is 1. The summed E-state index contributed by atoms with van der Waals surface area (Å²) in [6, 6.07) is 17.9. The standard InChI is InChI=1S/C26H28N4O3/c27-25(31)20-1-5-23(6-2-20)33-24-7-3-21(4-8-24)26(32)29-22-12-17-30(18-13-22)16-11-19-9-14-28-15-10-19/h1-10,14-15,22H,11-13,16-18H2,(H2,27,31)(H,29,32). The van der Waals surface area contributed by atoms with Crippen LogP contribution < -0.4 is 15.8 Å². The molecule has 7 heteroatoms. The van der Waals surface area contributed by atoms with Gasteiger partial charge in [0.1, 0.15) is 11.5 Å². The molecule has 3 aromatic rings. The molecule has 2 amide bonds. The van der Waals surface area contributed by atoms with Crippen LogP contribution in [0.2, 0.25) is 0 Å². The summed E-state index contributed by atoms with van der Waals surface area (Å²) in [4.78, 5) is 30.3. The van der Waals surface area contributed by atoms with Crippen LogP contribution in [0.3, 0.4) is 0 Å². The van der Waals surface area contributed by atoms with Crippen LogP contribution in [0, 0.1) is 0 Å². The molecule has 33 heavy (non-hydrogen) atoms. The lowest BCUT2D eigenvalue weighted by Crippen LogP contribution is -2.45. The molecule has 7 nitrogen and oxygen atoms in total. The monoisotopic (exact) mass is 444 g/mol. The van der Waals surface area contributed by atoms with Gasteiger partial charge in [-0.05, 0) is 85.5 Å². The number of rotatable bonds is 8. The molecule has 0 radical (unpaired) electrons. The van der Waals surface area contributed by atoms with Crippen LogP contribution in [-0.4, -0.2) is 47.4 Å². The number of hydrogen-bond acceptors (Lipinski definition) is 5. The van der Waals surface area contributed by atoms with Crippen molar-refractivity contribution >= 4 is 11.8 Å². The quantitative estimate of drug-likeness (QED) is 0.555. The van der Waals surface area contributed by atoms with E-state index < -0.39 is 5.91 Å². The van der Waals surface area contributed by atoms with Crippen molar-refractivity contribution in [3.05, 3.63) is 89.7 Å². The second kappa shape index (κ2) is 10.7. The number of piperidine rings is 1. The maximum absolute atomic E-state index is 12.7. The predicted octanol–water partition coefficient (Wildman–Crippen LogP) is 3.41. The van der Waals surface area contributed by atoms with E-state index in [1.165, 1.54) is 5.56 Å². The van der Waals surface area contributed by atoms with Crippen molar-refractivity contribution < 1.29 is 14.3 Å². The Morgan fingerprint density at radius 2 is 1.48 bits per heavy atom. The van der Waals surface area contributed by atoms with Crippen molar-refractivity contribution in [2.75, 3.05) is 19.6 Å². The van der Waals surface area contributed by atoms with E-state index in [0.717, 1.165) is 38.9 Å². The second-order valence-electron chi connectivity index (χ2n) is 8.21. The fraction of sp³-hybridized carbons (Fsp3) is 0.269. The maximum atomic E-state index is 12.7. The summed E-state index contributed by atoms with van der Waals surface area (Å²) in [6.45, 7) is 2.99. The molecule has 4 rings (SSSR count). The molecule has 1 saturated heterocycles. The molecule has 0 bridgehead atoms. The van der Waals surface area contributed by atoms with Crippen LogP contribution in [0.15, 0.2) is 73.1 Å². The Labute approximate surface area is 193 Å². The van der Waals surface area contributed by atoms with Crippen molar-refractivity contribution in [3.8, 4) is 11.5 Å². The largest absolute Gasteiger partial charge is 0.457 e. The fourth-order valence-electron chi connectivity index (χ4n) is 3.90. The van der Waals surface area contributed by atoms with Gasteiger partial charge in [-0.25, -0.2) is 0 Å². The molecule has 170 valence electrons. The lowest BCUT2D eigenvalue weighted by Gasteiger charge is -2.32. The summed E-state index contributed by atoms with van der Waals surface area (Å²) in [7, 11) is 0. The van der Waals surface area contributed by atoms with Gasteiger partial charge in [0.2, 0.25) is 5.91 Å². The van der Waals surface area contributed by atoms with Gasteiger partial charge in [-0.2, -0.15) is 0 Å². The molecule has 0 saturated carbocycles. The van der Waals surface area contributed by atoms with E-state index in [0.29, 0.717) is 22.6 Å². The van der Waals surface area contributed by atoms with E-state index in [1.54, 1.807) is 48.5 Å². The van der Waals surface area contributed by atoms with E-state index in [1.807, 2.05) is 12.4 Å². The average molecular weight is 445 g/mol. The Bertz CT molecular complexity index is 1060. The number of pyridine rings is 1. The highest BCUT2D eigenvalue weighted by Gasteiger charge is 2.21. The van der Waals surface area contributed by atoms with E-state index in [4.69, 9.17) is 10.5 Å². The Kier molecular flexibility index (Phi) is 7.32. The van der Waals surface area contributed by atoms with Gasteiger partial charge >= 0.3 is 0 Å². The average Bonchev–Trinajstić information content (AvgIpc) is 2.85. The van der Waals surface area contributed by atoms with E-state index in [9.17, 15) is 9.59 Å². The number of carbonyl (C=O) groups excluding carboxylic acids is 2. The minimum atomic E-state index is -0.479. The third-order valence-electron chi connectivity index (χ3n) is 5.88.